The molecule has 2 heteroatoms. The van der Waals surface area contributed by atoms with Crippen molar-refractivity contribution in [1.82, 2.24) is 5.32 Å². The molecule has 0 atom stereocenters. The van der Waals surface area contributed by atoms with Crippen LogP contribution in [0.5, 0.6) is 0 Å². The van der Waals surface area contributed by atoms with Crippen LogP contribution in [-0.2, 0) is 0 Å². The summed E-state index contributed by atoms with van der Waals surface area (Å²) < 4.78 is 0. The van der Waals surface area contributed by atoms with Gasteiger partial charge in [-0.1, -0.05) is 36.4 Å². The predicted molar refractivity (Wildman–Crippen MR) is 81.7 cm³/mol. The Bertz CT molecular complexity index is 742. The van der Waals surface area contributed by atoms with Crippen LogP contribution in [0.2, 0.25) is 0 Å². The van der Waals surface area contributed by atoms with E-state index in [1.807, 2.05) is 0 Å². The number of hydrogen-bond acceptors (Lipinski definition) is 2. The van der Waals surface area contributed by atoms with Gasteiger partial charge in [0.2, 0.25) is 0 Å². The van der Waals surface area contributed by atoms with Gasteiger partial charge in [0, 0.05) is 24.2 Å². The van der Waals surface area contributed by atoms with Crippen molar-refractivity contribution in [2.45, 2.75) is 0 Å². The Morgan fingerprint density at radius 2 is 1.63 bits per heavy atom. The highest BCUT2D eigenvalue weighted by Crippen LogP contribution is 2.30. The van der Waals surface area contributed by atoms with Gasteiger partial charge in [-0.2, -0.15) is 0 Å². The van der Waals surface area contributed by atoms with Crippen LogP contribution in [0.1, 0.15) is 0 Å². The summed E-state index contributed by atoms with van der Waals surface area (Å²) in [5, 5.41) is 8.70. The van der Waals surface area contributed by atoms with Gasteiger partial charge in [0.05, 0.1) is 6.67 Å². The van der Waals surface area contributed by atoms with E-state index in [4.69, 9.17) is 0 Å². The fraction of sp³-hybridized carbons (Fsp3) is 0.176. The number of rotatable bonds is 1. The fourth-order valence-corrected chi connectivity index (χ4v) is 2.94. The average molecular weight is 248 g/mol. The Balaban J connectivity index is 2.00. The van der Waals surface area contributed by atoms with Crippen molar-refractivity contribution in [3.63, 3.8) is 0 Å². The van der Waals surface area contributed by atoms with E-state index >= 15 is 0 Å². The summed E-state index contributed by atoms with van der Waals surface area (Å²) in [6, 6.07) is 19.8. The number of anilines is 1. The summed E-state index contributed by atoms with van der Waals surface area (Å²) in [6.07, 6.45) is 0. The first kappa shape index (κ1) is 10.8. The van der Waals surface area contributed by atoms with Crippen molar-refractivity contribution in [2.24, 2.45) is 0 Å². The van der Waals surface area contributed by atoms with Gasteiger partial charge in [-0.05, 0) is 34.4 Å². The average Bonchev–Trinajstić information content (AvgIpc) is 2.98. The van der Waals surface area contributed by atoms with Crippen molar-refractivity contribution >= 4 is 27.2 Å². The molecule has 0 aliphatic carbocycles. The second-order valence-electron chi connectivity index (χ2n) is 5.12. The predicted octanol–water partition coefficient (Wildman–Crippen LogP) is 3.36. The van der Waals surface area contributed by atoms with Gasteiger partial charge in [-0.3, -0.25) is 5.32 Å². The van der Waals surface area contributed by atoms with Gasteiger partial charge >= 0.3 is 0 Å². The van der Waals surface area contributed by atoms with Gasteiger partial charge in [0.1, 0.15) is 0 Å². The zero-order valence-electron chi connectivity index (χ0n) is 10.8. The third-order valence-corrected chi connectivity index (χ3v) is 3.93. The lowest BCUT2D eigenvalue weighted by atomic mass is 10.0. The molecule has 1 aliphatic rings. The van der Waals surface area contributed by atoms with E-state index in [1.165, 1.54) is 27.2 Å². The third-order valence-electron chi connectivity index (χ3n) is 3.93. The summed E-state index contributed by atoms with van der Waals surface area (Å²) in [7, 11) is 0. The second kappa shape index (κ2) is 4.25. The van der Waals surface area contributed by atoms with Crippen molar-refractivity contribution in [3.8, 4) is 0 Å². The largest absolute Gasteiger partial charge is 0.357 e. The highest BCUT2D eigenvalue weighted by molar-refractivity contribution is 6.03. The minimum Gasteiger partial charge on any atom is -0.357 e. The summed E-state index contributed by atoms with van der Waals surface area (Å²) in [5.41, 5.74) is 1.34. The van der Waals surface area contributed by atoms with E-state index in [0.717, 1.165) is 19.8 Å². The first-order valence-electron chi connectivity index (χ1n) is 6.79. The molecule has 1 N–H and O–H groups in total. The molecule has 4 rings (SSSR count). The van der Waals surface area contributed by atoms with Crippen LogP contribution in [0.25, 0.3) is 21.5 Å². The Kier molecular flexibility index (Phi) is 2.42. The van der Waals surface area contributed by atoms with Gasteiger partial charge in [0.15, 0.2) is 0 Å². The zero-order chi connectivity index (χ0) is 12.7. The molecular weight excluding hydrogens is 232 g/mol. The standard InChI is InChI=1S/C17H16N2/c1-2-5-14-11-16-15(10-13(14)4-1)6-3-7-17(16)19-9-8-18-12-19/h1-7,10-11,18H,8-9,12H2. The lowest BCUT2D eigenvalue weighted by Gasteiger charge is -2.19. The maximum Gasteiger partial charge on any atom is 0.0683 e. The zero-order valence-corrected chi connectivity index (χ0v) is 10.8. The first-order valence-corrected chi connectivity index (χ1v) is 6.79. The fourth-order valence-electron chi connectivity index (χ4n) is 2.94. The summed E-state index contributed by atoms with van der Waals surface area (Å²) in [5.74, 6) is 0. The molecule has 0 unspecified atom stereocenters. The van der Waals surface area contributed by atoms with Gasteiger partial charge in [-0.15, -0.1) is 0 Å². The molecule has 0 aromatic heterocycles. The van der Waals surface area contributed by atoms with E-state index in [-0.39, 0.29) is 0 Å². The van der Waals surface area contributed by atoms with Gasteiger partial charge in [-0.25, -0.2) is 0 Å². The molecule has 2 nitrogen and oxygen atoms in total. The number of benzene rings is 3. The van der Waals surface area contributed by atoms with Crippen LogP contribution in [0.4, 0.5) is 5.69 Å². The Hall–Kier alpha value is -2.06. The third kappa shape index (κ3) is 1.76. The van der Waals surface area contributed by atoms with E-state index in [0.29, 0.717) is 0 Å². The van der Waals surface area contributed by atoms with Crippen molar-refractivity contribution in [3.05, 3.63) is 54.6 Å². The van der Waals surface area contributed by atoms with Crippen LogP contribution < -0.4 is 10.2 Å². The molecule has 3 aromatic rings. The highest BCUT2D eigenvalue weighted by Gasteiger charge is 2.14. The first-order chi connectivity index (χ1) is 9.42. The summed E-state index contributed by atoms with van der Waals surface area (Å²) >= 11 is 0. The van der Waals surface area contributed by atoms with E-state index in [2.05, 4.69) is 64.8 Å². The minimum atomic E-state index is 0.950. The molecule has 94 valence electrons. The summed E-state index contributed by atoms with van der Waals surface area (Å²) in [6.45, 7) is 3.11. The molecule has 0 saturated carbocycles. The molecule has 1 aliphatic heterocycles. The molecule has 3 aromatic carbocycles. The number of hydrogen-bond donors (Lipinski definition) is 1. The van der Waals surface area contributed by atoms with Gasteiger partial charge < -0.3 is 4.90 Å². The Morgan fingerprint density at radius 1 is 0.842 bits per heavy atom. The SMILES string of the molecule is c1ccc2cc3c(N4CCNC4)cccc3cc2c1. The van der Waals surface area contributed by atoms with Crippen molar-refractivity contribution in [1.29, 1.82) is 0 Å². The maximum absolute atomic E-state index is 3.40. The van der Waals surface area contributed by atoms with Crippen molar-refractivity contribution < 1.29 is 0 Å². The molecule has 1 heterocycles. The second-order valence-corrected chi connectivity index (χ2v) is 5.12. The molecule has 0 radical (unpaired) electrons. The quantitative estimate of drug-likeness (QED) is 0.664. The highest BCUT2D eigenvalue weighted by atomic mass is 15.3. The minimum absolute atomic E-state index is 0.950. The number of fused-ring (bicyclic) bond motifs is 2. The van der Waals surface area contributed by atoms with E-state index in [1.54, 1.807) is 0 Å². The van der Waals surface area contributed by atoms with Crippen LogP contribution in [0.3, 0.4) is 0 Å². The Labute approximate surface area is 112 Å². The monoisotopic (exact) mass is 248 g/mol. The lowest BCUT2D eigenvalue weighted by molar-refractivity contribution is 0.856. The number of nitrogens with zero attached hydrogens (tertiary/aromatic N) is 1. The van der Waals surface area contributed by atoms with Crippen LogP contribution in [0.15, 0.2) is 54.6 Å². The molecule has 0 bridgehead atoms. The van der Waals surface area contributed by atoms with Crippen LogP contribution >= 0.6 is 0 Å². The van der Waals surface area contributed by atoms with Crippen LogP contribution in [0, 0.1) is 0 Å². The lowest BCUT2D eigenvalue weighted by Crippen LogP contribution is -2.21. The van der Waals surface area contributed by atoms with Crippen molar-refractivity contribution in [2.75, 3.05) is 24.7 Å². The molecule has 0 amide bonds. The van der Waals surface area contributed by atoms with Gasteiger partial charge in [0.25, 0.3) is 0 Å². The Morgan fingerprint density at radius 3 is 2.42 bits per heavy atom. The molecular formula is C17H16N2. The molecule has 1 fully saturated rings. The molecule has 19 heavy (non-hydrogen) atoms. The summed E-state index contributed by atoms with van der Waals surface area (Å²) in [4.78, 5) is 2.41. The molecule has 1 saturated heterocycles. The van der Waals surface area contributed by atoms with E-state index in [9.17, 15) is 0 Å². The van der Waals surface area contributed by atoms with E-state index < -0.39 is 0 Å². The van der Waals surface area contributed by atoms with Crippen LogP contribution in [-0.4, -0.2) is 19.8 Å². The number of nitrogens with one attached hydrogen (secondary N) is 1. The molecule has 0 spiro atoms. The topological polar surface area (TPSA) is 15.3 Å². The smallest absolute Gasteiger partial charge is 0.0683 e. The normalized spacial score (nSPS) is 15.5. The maximum atomic E-state index is 3.40.